The molecule has 0 bridgehead atoms. The molecule has 0 atom stereocenters. The molecule has 6 nitrogen and oxygen atoms in total. The molecule has 0 aliphatic carbocycles. The highest BCUT2D eigenvalue weighted by Crippen LogP contribution is 2.35. The third kappa shape index (κ3) is 4.00. The summed E-state index contributed by atoms with van der Waals surface area (Å²) in [6.07, 6.45) is 0.605. The zero-order valence-corrected chi connectivity index (χ0v) is 18.2. The Kier molecular flexibility index (Phi) is 6.05. The molecule has 0 saturated carbocycles. The number of fused-ring (bicyclic) bond motifs is 1. The average Bonchev–Trinajstić information content (AvgIpc) is 3.13. The van der Waals surface area contributed by atoms with E-state index in [-0.39, 0.29) is 6.42 Å². The van der Waals surface area contributed by atoms with E-state index < -0.39 is 11.9 Å². The Morgan fingerprint density at radius 2 is 1.47 bits per heavy atom. The van der Waals surface area contributed by atoms with Gasteiger partial charge in [-0.05, 0) is 34.7 Å². The molecular formula is C26H26N4O2. The van der Waals surface area contributed by atoms with Crippen LogP contribution in [-0.4, -0.2) is 28.6 Å². The van der Waals surface area contributed by atoms with Crippen LogP contribution in [0.2, 0.25) is 0 Å². The van der Waals surface area contributed by atoms with Crippen LogP contribution in [0.25, 0.3) is 33.3 Å². The summed E-state index contributed by atoms with van der Waals surface area (Å²) in [6, 6.07) is 26.2. The number of para-hydroxylation sites is 1. The van der Waals surface area contributed by atoms with Crippen molar-refractivity contribution in [2.24, 2.45) is 12.9 Å². The van der Waals surface area contributed by atoms with E-state index in [4.69, 9.17) is 5.84 Å². The maximum Gasteiger partial charge on any atom is 0.338 e. The van der Waals surface area contributed by atoms with Crippen LogP contribution in [0, 0.1) is 0 Å². The maximum atomic E-state index is 12.4. The number of hydrogen-bond acceptors (Lipinski definition) is 3. The van der Waals surface area contributed by atoms with Gasteiger partial charge in [0.05, 0.1) is 5.69 Å². The van der Waals surface area contributed by atoms with E-state index in [1.807, 2.05) is 37.4 Å². The highest BCUT2D eigenvalue weighted by molar-refractivity contribution is 5.95. The standard InChI is InChI=1S/C26H26N4O2/c1-28-26(32)30(27)24(31)17-16-22-21-10-6-7-11-23(21)29(2)25(22)20-14-12-19(13-15-20)18-8-4-3-5-9-18/h3-15H,16-17,27H2,1-2H3,(H,28,32). The summed E-state index contributed by atoms with van der Waals surface area (Å²) in [6.45, 7) is 0. The first-order valence-electron chi connectivity index (χ1n) is 10.5. The first-order valence-corrected chi connectivity index (χ1v) is 10.5. The van der Waals surface area contributed by atoms with Crippen LogP contribution >= 0.6 is 0 Å². The summed E-state index contributed by atoms with van der Waals surface area (Å²) in [4.78, 5) is 24.1. The number of rotatable bonds is 5. The van der Waals surface area contributed by atoms with E-state index in [0.29, 0.717) is 11.4 Å². The van der Waals surface area contributed by atoms with Gasteiger partial charge in [-0.25, -0.2) is 10.6 Å². The number of carbonyl (C=O) groups excluding carboxylic acids is 2. The first-order chi connectivity index (χ1) is 15.5. The molecule has 4 aromatic rings. The van der Waals surface area contributed by atoms with Gasteiger partial charge in [-0.15, -0.1) is 0 Å². The van der Waals surface area contributed by atoms with E-state index >= 15 is 0 Å². The van der Waals surface area contributed by atoms with Gasteiger partial charge in [0.1, 0.15) is 0 Å². The van der Waals surface area contributed by atoms with Crippen LogP contribution in [0.5, 0.6) is 0 Å². The summed E-state index contributed by atoms with van der Waals surface area (Å²) in [7, 11) is 3.48. The molecule has 0 aliphatic heterocycles. The summed E-state index contributed by atoms with van der Waals surface area (Å²) in [5.41, 5.74) is 6.60. The predicted molar refractivity (Wildman–Crippen MR) is 128 cm³/mol. The second-order valence-corrected chi connectivity index (χ2v) is 7.67. The van der Waals surface area contributed by atoms with Gasteiger partial charge in [0, 0.05) is 31.4 Å². The summed E-state index contributed by atoms with van der Waals surface area (Å²) in [5, 5.41) is 4.10. The lowest BCUT2D eigenvalue weighted by atomic mass is 9.98. The summed E-state index contributed by atoms with van der Waals surface area (Å²) < 4.78 is 2.16. The fourth-order valence-corrected chi connectivity index (χ4v) is 4.13. The van der Waals surface area contributed by atoms with Crippen molar-refractivity contribution < 1.29 is 9.59 Å². The van der Waals surface area contributed by atoms with Crippen molar-refractivity contribution in [3.63, 3.8) is 0 Å². The number of nitrogens with two attached hydrogens (primary N) is 1. The number of carbonyl (C=O) groups is 2. The second-order valence-electron chi connectivity index (χ2n) is 7.67. The third-order valence-corrected chi connectivity index (χ3v) is 5.77. The molecule has 3 N–H and O–H groups in total. The van der Waals surface area contributed by atoms with E-state index in [1.54, 1.807) is 0 Å². The molecule has 0 fully saturated rings. The SMILES string of the molecule is CNC(=O)N(N)C(=O)CCc1c(-c2ccc(-c3ccccc3)cc2)n(C)c2ccccc12. The van der Waals surface area contributed by atoms with Crippen molar-refractivity contribution in [3.8, 4) is 22.4 Å². The number of benzene rings is 3. The molecule has 3 aromatic carbocycles. The van der Waals surface area contributed by atoms with Crippen LogP contribution in [0.3, 0.4) is 0 Å². The van der Waals surface area contributed by atoms with Gasteiger partial charge in [-0.3, -0.25) is 4.79 Å². The first kappa shape index (κ1) is 21.3. The molecule has 3 amide bonds. The minimum absolute atomic E-state index is 0.132. The van der Waals surface area contributed by atoms with Crippen molar-refractivity contribution in [3.05, 3.63) is 84.4 Å². The highest BCUT2D eigenvalue weighted by Gasteiger charge is 2.20. The van der Waals surface area contributed by atoms with E-state index in [1.165, 1.54) is 12.6 Å². The molecule has 32 heavy (non-hydrogen) atoms. The van der Waals surface area contributed by atoms with E-state index in [9.17, 15) is 9.59 Å². The Bertz CT molecular complexity index is 1260. The molecule has 0 unspecified atom stereocenters. The fraction of sp³-hybridized carbons (Fsp3) is 0.154. The van der Waals surface area contributed by atoms with Gasteiger partial charge in [0.2, 0.25) is 5.91 Å². The smallest absolute Gasteiger partial charge is 0.338 e. The predicted octanol–water partition coefficient (Wildman–Crippen LogP) is 4.49. The summed E-state index contributed by atoms with van der Waals surface area (Å²) in [5.74, 6) is 5.21. The molecule has 0 spiro atoms. The number of urea groups is 1. The fourth-order valence-electron chi connectivity index (χ4n) is 4.13. The minimum Gasteiger partial charge on any atom is -0.343 e. The lowest BCUT2D eigenvalue weighted by molar-refractivity contribution is -0.128. The zero-order valence-electron chi connectivity index (χ0n) is 18.2. The van der Waals surface area contributed by atoms with Crippen LogP contribution in [0.4, 0.5) is 4.79 Å². The third-order valence-electron chi connectivity index (χ3n) is 5.77. The topological polar surface area (TPSA) is 80.4 Å². The van der Waals surface area contributed by atoms with Crippen LogP contribution < -0.4 is 11.2 Å². The van der Waals surface area contributed by atoms with Gasteiger partial charge in [0.25, 0.3) is 0 Å². The average molecular weight is 427 g/mol. The van der Waals surface area contributed by atoms with Gasteiger partial charge in [-0.2, -0.15) is 5.01 Å². The Morgan fingerprint density at radius 3 is 2.16 bits per heavy atom. The van der Waals surface area contributed by atoms with Crippen molar-refractivity contribution >= 4 is 22.8 Å². The number of aryl methyl sites for hydroxylation is 2. The van der Waals surface area contributed by atoms with Crippen LogP contribution in [0.15, 0.2) is 78.9 Å². The quantitative estimate of drug-likeness (QED) is 0.280. The molecule has 0 saturated heterocycles. The number of nitrogens with zero attached hydrogens (tertiary/aromatic N) is 2. The van der Waals surface area contributed by atoms with Crippen molar-refractivity contribution in [2.75, 3.05) is 7.05 Å². The van der Waals surface area contributed by atoms with Gasteiger partial charge >= 0.3 is 6.03 Å². The monoisotopic (exact) mass is 426 g/mol. The maximum absolute atomic E-state index is 12.4. The highest BCUT2D eigenvalue weighted by atomic mass is 16.2. The zero-order chi connectivity index (χ0) is 22.7. The summed E-state index contributed by atoms with van der Waals surface area (Å²) >= 11 is 0. The number of amides is 3. The van der Waals surface area contributed by atoms with Crippen molar-refractivity contribution in [1.29, 1.82) is 0 Å². The lowest BCUT2D eigenvalue weighted by Gasteiger charge is -2.14. The van der Waals surface area contributed by atoms with E-state index in [0.717, 1.165) is 33.3 Å². The Labute approximate surface area is 187 Å². The van der Waals surface area contributed by atoms with Crippen molar-refractivity contribution in [1.82, 2.24) is 14.9 Å². The number of nitrogens with one attached hydrogen (secondary N) is 1. The molecule has 0 aliphatic rings. The number of hydrazine groups is 1. The molecule has 0 radical (unpaired) electrons. The van der Waals surface area contributed by atoms with Gasteiger partial charge in [0.15, 0.2) is 0 Å². The molecular weight excluding hydrogens is 400 g/mol. The Morgan fingerprint density at radius 1 is 0.875 bits per heavy atom. The van der Waals surface area contributed by atoms with Gasteiger partial charge in [-0.1, -0.05) is 72.8 Å². The second kappa shape index (κ2) is 9.08. The Balaban J connectivity index is 1.71. The molecule has 4 rings (SSSR count). The largest absolute Gasteiger partial charge is 0.343 e. The number of aromatic nitrogens is 1. The lowest BCUT2D eigenvalue weighted by Crippen LogP contribution is -2.47. The normalized spacial score (nSPS) is 10.8. The molecule has 1 heterocycles. The van der Waals surface area contributed by atoms with Gasteiger partial charge < -0.3 is 9.88 Å². The Hall–Kier alpha value is -3.90. The molecule has 1 aromatic heterocycles. The van der Waals surface area contributed by atoms with Crippen LogP contribution in [-0.2, 0) is 18.3 Å². The van der Waals surface area contributed by atoms with Crippen LogP contribution in [0.1, 0.15) is 12.0 Å². The minimum atomic E-state index is -0.621. The molecule has 6 heteroatoms. The van der Waals surface area contributed by atoms with Crippen molar-refractivity contribution in [2.45, 2.75) is 12.8 Å². The number of imide groups is 1. The number of hydrogen-bond donors (Lipinski definition) is 2. The molecule has 162 valence electrons. The van der Waals surface area contributed by atoms with E-state index in [2.05, 4.69) is 58.4 Å².